The molecule has 2 N–H and O–H groups in total. The average Bonchev–Trinajstić information content (AvgIpc) is 2.44. The highest BCUT2D eigenvalue weighted by molar-refractivity contribution is 9.10. The number of nitrogens with two attached hydrogens (primary N) is 1. The van der Waals surface area contributed by atoms with Gasteiger partial charge >= 0.3 is 0 Å². The van der Waals surface area contributed by atoms with E-state index in [1.807, 2.05) is 12.1 Å². The Kier molecular flexibility index (Phi) is 5.61. The van der Waals surface area contributed by atoms with Crippen molar-refractivity contribution in [1.29, 1.82) is 0 Å². The van der Waals surface area contributed by atoms with Crippen molar-refractivity contribution in [1.82, 2.24) is 0 Å². The van der Waals surface area contributed by atoms with Crippen LogP contribution in [0.4, 0.5) is 4.39 Å². The first-order valence-corrected chi connectivity index (χ1v) is 7.76. The van der Waals surface area contributed by atoms with Gasteiger partial charge in [0.1, 0.15) is 12.4 Å². The van der Waals surface area contributed by atoms with Crippen molar-refractivity contribution in [2.24, 2.45) is 5.73 Å². The summed E-state index contributed by atoms with van der Waals surface area (Å²) in [4.78, 5) is 0. The molecule has 0 radical (unpaired) electrons. The lowest BCUT2D eigenvalue weighted by Gasteiger charge is -2.14. The molecule has 0 fully saturated rings. The molecule has 2 aromatic rings. The van der Waals surface area contributed by atoms with E-state index in [0.717, 1.165) is 15.6 Å². The van der Waals surface area contributed by atoms with Crippen molar-refractivity contribution in [3.8, 4) is 11.5 Å². The number of benzene rings is 2. The molecule has 0 unspecified atom stereocenters. The van der Waals surface area contributed by atoms with Crippen molar-refractivity contribution in [3.05, 3.63) is 56.2 Å². The molecule has 2 aromatic carbocycles. The van der Waals surface area contributed by atoms with Crippen molar-refractivity contribution in [3.63, 3.8) is 0 Å². The molecular weight excluding hydrogens is 405 g/mol. The van der Waals surface area contributed by atoms with Crippen molar-refractivity contribution >= 4 is 31.9 Å². The third kappa shape index (κ3) is 4.18. The van der Waals surface area contributed by atoms with E-state index < -0.39 is 0 Å². The zero-order valence-electron chi connectivity index (χ0n) is 11.3. The predicted molar refractivity (Wildman–Crippen MR) is 87.0 cm³/mol. The van der Waals surface area contributed by atoms with Crippen molar-refractivity contribution in [2.75, 3.05) is 7.11 Å². The van der Waals surface area contributed by atoms with Gasteiger partial charge in [-0.05, 0) is 57.4 Å². The van der Waals surface area contributed by atoms with Gasteiger partial charge in [0.05, 0.1) is 11.6 Å². The van der Waals surface area contributed by atoms with Crippen LogP contribution in [0, 0.1) is 5.82 Å². The smallest absolute Gasteiger partial charge is 0.175 e. The zero-order valence-corrected chi connectivity index (χ0v) is 14.5. The first-order chi connectivity index (χ1) is 10.0. The van der Waals surface area contributed by atoms with Gasteiger partial charge in [-0.25, -0.2) is 4.39 Å². The highest BCUT2D eigenvalue weighted by atomic mass is 79.9. The summed E-state index contributed by atoms with van der Waals surface area (Å²) in [6, 6.07) is 8.33. The highest BCUT2D eigenvalue weighted by Crippen LogP contribution is 2.37. The lowest BCUT2D eigenvalue weighted by molar-refractivity contribution is 0.282. The lowest BCUT2D eigenvalue weighted by Crippen LogP contribution is -2.02. The van der Waals surface area contributed by atoms with Gasteiger partial charge in [0.2, 0.25) is 0 Å². The Morgan fingerprint density at radius 1 is 1.10 bits per heavy atom. The minimum Gasteiger partial charge on any atom is -0.493 e. The van der Waals surface area contributed by atoms with Gasteiger partial charge < -0.3 is 15.2 Å². The van der Waals surface area contributed by atoms with Gasteiger partial charge in [-0.2, -0.15) is 0 Å². The quantitative estimate of drug-likeness (QED) is 0.782. The maximum Gasteiger partial charge on any atom is 0.175 e. The SMILES string of the molecule is COc1cc(CN)cc(Br)c1OCc1cc(F)cc(Br)c1. The van der Waals surface area contributed by atoms with Gasteiger partial charge in [0.15, 0.2) is 11.5 Å². The van der Waals surface area contributed by atoms with E-state index in [-0.39, 0.29) is 12.4 Å². The van der Waals surface area contributed by atoms with E-state index in [2.05, 4.69) is 31.9 Å². The highest BCUT2D eigenvalue weighted by Gasteiger charge is 2.12. The van der Waals surface area contributed by atoms with E-state index >= 15 is 0 Å². The summed E-state index contributed by atoms with van der Waals surface area (Å²) in [5.74, 6) is 0.836. The second-order valence-corrected chi connectivity index (χ2v) is 6.15. The number of hydrogen-bond acceptors (Lipinski definition) is 3. The first-order valence-electron chi connectivity index (χ1n) is 6.17. The molecule has 0 saturated carbocycles. The second kappa shape index (κ2) is 7.24. The topological polar surface area (TPSA) is 44.5 Å². The first kappa shape index (κ1) is 16.3. The van der Waals surface area contributed by atoms with Crippen LogP contribution in [0.15, 0.2) is 39.3 Å². The van der Waals surface area contributed by atoms with Gasteiger partial charge in [-0.15, -0.1) is 0 Å². The molecule has 0 aliphatic rings. The number of halogens is 3. The Hall–Kier alpha value is -1.11. The summed E-state index contributed by atoms with van der Waals surface area (Å²) in [6.07, 6.45) is 0. The minimum absolute atomic E-state index is 0.229. The summed E-state index contributed by atoms with van der Waals surface area (Å²) in [6.45, 7) is 0.638. The molecule has 0 bridgehead atoms. The molecule has 0 aromatic heterocycles. The molecule has 2 rings (SSSR count). The number of methoxy groups -OCH3 is 1. The molecule has 6 heteroatoms. The normalized spacial score (nSPS) is 10.5. The van der Waals surface area contributed by atoms with Crippen LogP contribution in [0.5, 0.6) is 11.5 Å². The summed E-state index contributed by atoms with van der Waals surface area (Å²) in [5, 5.41) is 0. The number of rotatable bonds is 5. The lowest BCUT2D eigenvalue weighted by atomic mass is 10.2. The van der Waals surface area contributed by atoms with Crippen LogP contribution >= 0.6 is 31.9 Å². The fourth-order valence-corrected chi connectivity index (χ4v) is 3.00. The summed E-state index contributed by atoms with van der Waals surface area (Å²) < 4.78 is 25.8. The molecule has 112 valence electrons. The van der Waals surface area contributed by atoms with Crippen LogP contribution in [0.1, 0.15) is 11.1 Å². The Bertz CT molecular complexity index is 630. The number of ether oxygens (including phenoxy) is 2. The third-order valence-electron chi connectivity index (χ3n) is 2.83. The Labute approximate surface area is 139 Å². The molecule has 0 aliphatic heterocycles. The molecular formula is C15H14Br2FNO2. The average molecular weight is 419 g/mol. The van der Waals surface area contributed by atoms with Crippen LogP contribution in [0.2, 0.25) is 0 Å². The zero-order chi connectivity index (χ0) is 15.4. The van der Waals surface area contributed by atoms with E-state index in [9.17, 15) is 4.39 Å². The van der Waals surface area contributed by atoms with Crippen LogP contribution in [0.3, 0.4) is 0 Å². The van der Waals surface area contributed by atoms with Crippen LogP contribution < -0.4 is 15.2 Å². The predicted octanol–water partition coefficient (Wildman–Crippen LogP) is 4.40. The minimum atomic E-state index is -0.313. The van der Waals surface area contributed by atoms with Gasteiger partial charge in [0.25, 0.3) is 0 Å². The van der Waals surface area contributed by atoms with Crippen LogP contribution in [0.25, 0.3) is 0 Å². The van der Waals surface area contributed by atoms with Crippen LogP contribution in [-0.4, -0.2) is 7.11 Å². The van der Waals surface area contributed by atoms with E-state index in [0.29, 0.717) is 22.5 Å². The largest absolute Gasteiger partial charge is 0.493 e. The van der Waals surface area contributed by atoms with Gasteiger partial charge in [0, 0.05) is 11.0 Å². The van der Waals surface area contributed by atoms with Crippen LogP contribution in [-0.2, 0) is 13.2 Å². The Balaban J connectivity index is 2.23. The molecule has 0 heterocycles. The van der Waals surface area contributed by atoms with E-state index in [1.54, 1.807) is 13.2 Å². The maximum atomic E-state index is 13.3. The monoisotopic (exact) mass is 417 g/mol. The summed E-state index contributed by atoms with van der Waals surface area (Å²) >= 11 is 6.70. The van der Waals surface area contributed by atoms with Crippen molar-refractivity contribution < 1.29 is 13.9 Å². The molecule has 0 saturated heterocycles. The molecule has 0 amide bonds. The maximum absolute atomic E-state index is 13.3. The molecule has 0 atom stereocenters. The Morgan fingerprint density at radius 3 is 2.48 bits per heavy atom. The Morgan fingerprint density at radius 2 is 1.86 bits per heavy atom. The third-order valence-corrected chi connectivity index (χ3v) is 3.88. The molecule has 0 spiro atoms. The molecule has 0 aliphatic carbocycles. The van der Waals surface area contributed by atoms with Gasteiger partial charge in [-0.3, -0.25) is 0 Å². The molecule has 3 nitrogen and oxygen atoms in total. The van der Waals surface area contributed by atoms with Gasteiger partial charge in [-0.1, -0.05) is 15.9 Å². The molecule has 21 heavy (non-hydrogen) atoms. The van der Waals surface area contributed by atoms with E-state index in [1.165, 1.54) is 12.1 Å². The fourth-order valence-electron chi connectivity index (χ4n) is 1.88. The standard InChI is InChI=1S/C15H14Br2FNO2/c1-20-14-5-9(7-19)4-13(17)15(14)21-8-10-2-11(16)6-12(18)3-10/h2-6H,7-8,19H2,1H3. The van der Waals surface area contributed by atoms with E-state index in [4.69, 9.17) is 15.2 Å². The fraction of sp³-hybridized carbons (Fsp3) is 0.200. The second-order valence-electron chi connectivity index (χ2n) is 4.38. The summed E-state index contributed by atoms with van der Waals surface area (Å²) in [5.41, 5.74) is 7.28. The number of hydrogen-bond donors (Lipinski definition) is 1. The van der Waals surface area contributed by atoms with Crippen molar-refractivity contribution in [2.45, 2.75) is 13.2 Å². The summed E-state index contributed by atoms with van der Waals surface area (Å²) in [7, 11) is 1.56.